The number of anilines is 1. The molecule has 0 aliphatic rings. The van der Waals surface area contributed by atoms with Crippen LogP contribution >= 0.6 is 0 Å². The minimum absolute atomic E-state index is 0.123. The summed E-state index contributed by atoms with van der Waals surface area (Å²) in [5.41, 5.74) is 1.29. The second kappa shape index (κ2) is 6.52. The summed E-state index contributed by atoms with van der Waals surface area (Å²) >= 11 is 0. The maximum Gasteiger partial charge on any atom is 0.187 e. The number of rotatable bonds is 5. The predicted molar refractivity (Wildman–Crippen MR) is 76.5 cm³/mol. The minimum Gasteiger partial charge on any atom is -0.497 e. The number of ether oxygens (including phenoxy) is 1. The van der Waals surface area contributed by atoms with Gasteiger partial charge in [0.1, 0.15) is 11.6 Å². The second-order valence-corrected chi connectivity index (χ2v) is 4.08. The van der Waals surface area contributed by atoms with Crippen LogP contribution in [-0.2, 0) is 0 Å². The van der Waals surface area contributed by atoms with Crippen molar-refractivity contribution in [2.45, 2.75) is 0 Å². The summed E-state index contributed by atoms with van der Waals surface area (Å²) in [4.78, 5) is 11.9. The SMILES string of the molecule is COc1ccc(C(=O)C=CNc2ccc(F)cc2)cc1. The highest BCUT2D eigenvalue weighted by Crippen LogP contribution is 2.12. The molecule has 102 valence electrons. The Morgan fingerprint density at radius 3 is 2.35 bits per heavy atom. The van der Waals surface area contributed by atoms with E-state index in [-0.39, 0.29) is 11.6 Å². The third-order valence-corrected chi connectivity index (χ3v) is 2.70. The molecule has 0 unspecified atom stereocenters. The lowest BCUT2D eigenvalue weighted by Crippen LogP contribution is -1.96. The first-order chi connectivity index (χ1) is 9.69. The van der Waals surface area contributed by atoms with Crippen molar-refractivity contribution in [3.63, 3.8) is 0 Å². The monoisotopic (exact) mass is 271 g/mol. The van der Waals surface area contributed by atoms with Crippen molar-refractivity contribution in [2.24, 2.45) is 0 Å². The van der Waals surface area contributed by atoms with E-state index in [9.17, 15) is 9.18 Å². The summed E-state index contributed by atoms with van der Waals surface area (Å²) in [6, 6.07) is 12.7. The van der Waals surface area contributed by atoms with E-state index in [4.69, 9.17) is 4.74 Å². The van der Waals surface area contributed by atoms with Crippen LogP contribution in [0.15, 0.2) is 60.8 Å². The number of hydrogen-bond acceptors (Lipinski definition) is 3. The topological polar surface area (TPSA) is 38.3 Å². The highest BCUT2D eigenvalue weighted by molar-refractivity contribution is 6.04. The van der Waals surface area contributed by atoms with Gasteiger partial charge in [-0.1, -0.05) is 0 Å². The van der Waals surface area contributed by atoms with Gasteiger partial charge in [-0.15, -0.1) is 0 Å². The molecule has 0 heterocycles. The molecule has 0 bridgehead atoms. The molecule has 0 aromatic heterocycles. The Morgan fingerprint density at radius 2 is 1.75 bits per heavy atom. The Bertz CT molecular complexity index is 603. The van der Waals surface area contributed by atoms with Crippen molar-refractivity contribution in [3.8, 4) is 5.75 Å². The fourth-order valence-electron chi connectivity index (χ4n) is 1.61. The normalized spacial score (nSPS) is 10.5. The van der Waals surface area contributed by atoms with Crippen molar-refractivity contribution in [1.82, 2.24) is 0 Å². The average Bonchev–Trinajstić information content (AvgIpc) is 2.49. The molecular weight excluding hydrogens is 257 g/mol. The van der Waals surface area contributed by atoms with E-state index in [1.165, 1.54) is 24.4 Å². The van der Waals surface area contributed by atoms with E-state index >= 15 is 0 Å². The Morgan fingerprint density at radius 1 is 1.10 bits per heavy atom. The molecule has 0 saturated heterocycles. The van der Waals surface area contributed by atoms with E-state index in [1.54, 1.807) is 43.5 Å². The van der Waals surface area contributed by atoms with Gasteiger partial charge in [0.15, 0.2) is 5.78 Å². The lowest BCUT2D eigenvalue weighted by molar-refractivity contribution is 0.104. The first-order valence-electron chi connectivity index (χ1n) is 6.06. The quantitative estimate of drug-likeness (QED) is 0.666. The first-order valence-corrected chi connectivity index (χ1v) is 6.06. The maximum atomic E-state index is 12.7. The van der Waals surface area contributed by atoms with Crippen LogP contribution in [0.1, 0.15) is 10.4 Å². The molecule has 0 radical (unpaired) electrons. The second-order valence-electron chi connectivity index (χ2n) is 4.08. The maximum absolute atomic E-state index is 12.7. The van der Waals surface area contributed by atoms with Crippen molar-refractivity contribution < 1.29 is 13.9 Å². The molecule has 0 spiro atoms. The van der Waals surface area contributed by atoms with E-state index in [0.717, 1.165) is 0 Å². The van der Waals surface area contributed by atoms with E-state index in [0.29, 0.717) is 17.0 Å². The van der Waals surface area contributed by atoms with E-state index in [1.807, 2.05) is 0 Å². The largest absolute Gasteiger partial charge is 0.497 e. The van der Waals surface area contributed by atoms with Gasteiger partial charge in [-0.3, -0.25) is 4.79 Å². The standard InChI is InChI=1S/C16H14FNO2/c1-20-15-8-2-12(3-9-15)16(19)10-11-18-14-6-4-13(17)5-7-14/h2-11,18H,1H3. The number of carbonyl (C=O) groups excluding carboxylic acids is 1. The van der Waals surface area contributed by atoms with Crippen LogP contribution in [0.2, 0.25) is 0 Å². The first kappa shape index (κ1) is 13.8. The zero-order valence-electron chi connectivity index (χ0n) is 11.0. The number of hydrogen-bond donors (Lipinski definition) is 1. The number of nitrogens with one attached hydrogen (secondary N) is 1. The Hall–Kier alpha value is -2.62. The van der Waals surface area contributed by atoms with Crippen LogP contribution in [0, 0.1) is 5.82 Å². The third kappa shape index (κ3) is 3.68. The molecule has 2 aromatic rings. The average molecular weight is 271 g/mol. The van der Waals surface area contributed by atoms with Gasteiger partial charge in [-0.2, -0.15) is 0 Å². The summed E-state index contributed by atoms with van der Waals surface area (Å²) in [5.74, 6) is 0.283. The minimum atomic E-state index is -0.297. The van der Waals surface area contributed by atoms with Gasteiger partial charge in [-0.05, 0) is 48.5 Å². The van der Waals surface area contributed by atoms with Gasteiger partial charge >= 0.3 is 0 Å². The fraction of sp³-hybridized carbons (Fsp3) is 0.0625. The summed E-state index contributed by atoms with van der Waals surface area (Å²) in [6.45, 7) is 0. The lowest BCUT2D eigenvalue weighted by atomic mass is 10.1. The number of ketones is 1. The van der Waals surface area contributed by atoms with Crippen LogP contribution in [0.25, 0.3) is 0 Å². The molecule has 2 aromatic carbocycles. The molecule has 0 amide bonds. The zero-order valence-corrected chi connectivity index (χ0v) is 11.0. The summed E-state index contributed by atoms with van der Waals surface area (Å²) in [6.07, 6.45) is 2.95. The molecular formula is C16H14FNO2. The summed E-state index contributed by atoms with van der Waals surface area (Å²) < 4.78 is 17.7. The molecule has 0 atom stereocenters. The number of benzene rings is 2. The highest BCUT2D eigenvalue weighted by atomic mass is 19.1. The van der Waals surface area contributed by atoms with Gasteiger partial charge < -0.3 is 10.1 Å². The molecule has 0 aliphatic heterocycles. The van der Waals surface area contributed by atoms with Gasteiger partial charge in [0.25, 0.3) is 0 Å². The zero-order chi connectivity index (χ0) is 14.4. The number of methoxy groups -OCH3 is 1. The van der Waals surface area contributed by atoms with Crippen molar-refractivity contribution in [2.75, 3.05) is 12.4 Å². The van der Waals surface area contributed by atoms with Gasteiger partial charge in [0, 0.05) is 23.5 Å². The number of halogens is 1. The molecule has 0 aliphatic carbocycles. The molecule has 0 fully saturated rings. The van der Waals surface area contributed by atoms with E-state index < -0.39 is 0 Å². The van der Waals surface area contributed by atoms with Crippen molar-refractivity contribution >= 4 is 11.5 Å². The third-order valence-electron chi connectivity index (χ3n) is 2.70. The molecule has 1 N–H and O–H groups in total. The Balaban J connectivity index is 1.96. The molecule has 0 saturated carbocycles. The van der Waals surface area contributed by atoms with Crippen LogP contribution in [0.3, 0.4) is 0 Å². The van der Waals surface area contributed by atoms with Crippen molar-refractivity contribution in [3.05, 3.63) is 72.2 Å². The Labute approximate surface area is 116 Å². The molecule has 2 rings (SSSR count). The van der Waals surface area contributed by atoms with Gasteiger partial charge in [0.05, 0.1) is 7.11 Å². The van der Waals surface area contributed by atoms with Crippen LogP contribution in [0.4, 0.5) is 10.1 Å². The smallest absolute Gasteiger partial charge is 0.187 e. The lowest BCUT2D eigenvalue weighted by Gasteiger charge is -2.01. The molecule has 4 heteroatoms. The van der Waals surface area contributed by atoms with Crippen LogP contribution in [0.5, 0.6) is 5.75 Å². The Kier molecular flexibility index (Phi) is 4.50. The highest BCUT2D eigenvalue weighted by Gasteiger charge is 2.01. The molecule has 3 nitrogen and oxygen atoms in total. The van der Waals surface area contributed by atoms with Crippen LogP contribution < -0.4 is 10.1 Å². The van der Waals surface area contributed by atoms with Gasteiger partial charge in [0.2, 0.25) is 0 Å². The van der Waals surface area contributed by atoms with Crippen LogP contribution in [-0.4, -0.2) is 12.9 Å². The fourth-order valence-corrected chi connectivity index (χ4v) is 1.61. The van der Waals surface area contributed by atoms with Crippen molar-refractivity contribution in [1.29, 1.82) is 0 Å². The number of carbonyl (C=O) groups is 1. The van der Waals surface area contributed by atoms with Gasteiger partial charge in [-0.25, -0.2) is 4.39 Å². The summed E-state index contributed by atoms with van der Waals surface area (Å²) in [7, 11) is 1.57. The molecule has 20 heavy (non-hydrogen) atoms. The number of allylic oxidation sites excluding steroid dienone is 1. The predicted octanol–water partition coefficient (Wildman–Crippen LogP) is 3.64. The summed E-state index contributed by atoms with van der Waals surface area (Å²) in [5, 5.41) is 2.90. The van der Waals surface area contributed by atoms with E-state index in [2.05, 4.69) is 5.32 Å².